The molecule has 1 aliphatic heterocycles. The summed E-state index contributed by atoms with van der Waals surface area (Å²) >= 11 is 1.35. The van der Waals surface area contributed by atoms with Gasteiger partial charge >= 0.3 is 6.03 Å². The first kappa shape index (κ1) is 17.0. The number of halogens is 1. The first-order chi connectivity index (χ1) is 11.3. The third-order valence-corrected chi connectivity index (χ3v) is 4.74. The van der Waals surface area contributed by atoms with E-state index in [2.05, 4.69) is 10.3 Å². The molecule has 0 bridgehead atoms. The van der Waals surface area contributed by atoms with Gasteiger partial charge in [-0.05, 0) is 32.9 Å². The average Bonchev–Trinajstić information content (AvgIpc) is 2.90. The second-order valence-corrected chi connectivity index (χ2v) is 8.04. The molecule has 5 nitrogen and oxygen atoms in total. The molecule has 24 heavy (non-hydrogen) atoms. The predicted octanol–water partition coefficient (Wildman–Crippen LogP) is 3.79. The lowest BCUT2D eigenvalue weighted by Crippen LogP contribution is -2.51. The first-order valence-corrected chi connectivity index (χ1v) is 8.92. The molecule has 1 aromatic carbocycles. The summed E-state index contributed by atoms with van der Waals surface area (Å²) in [7, 11) is 0. The van der Waals surface area contributed by atoms with Crippen LogP contribution in [0.25, 0.3) is 10.2 Å². The Morgan fingerprint density at radius 3 is 2.71 bits per heavy atom. The standard InChI is InChI=1S/C17H22FN3O2S/c1-17(2,3)20-15(22)21-9-7-11(8-10-21)23-16-19-14-12(18)5-4-6-13(14)24-16/h4-6,11H,7-10H2,1-3H3,(H,20,22). The van der Waals surface area contributed by atoms with Crippen molar-refractivity contribution in [2.24, 2.45) is 0 Å². The molecule has 2 amide bonds. The molecule has 0 unspecified atom stereocenters. The van der Waals surface area contributed by atoms with E-state index in [9.17, 15) is 9.18 Å². The molecule has 1 aliphatic rings. The molecule has 2 aromatic rings. The average molecular weight is 351 g/mol. The number of hydrogen-bond donors (Lipinski definition) is 1. The Hall–Kier alpha value is -1.89. The Kier molecular flexibility index (Phi) is 4.62. The van der Waals surface area contributed by atoms with Crippen LogP contribution in [0.4, 0.5) is 9.18 Å². The minimum absolute atomic E-state index is 0.00677. The largest absolute Gasteiger partial charge is 0.467 e. The van der Waals surface area contributed by atoms with Gasteiger partial charge in [0.05, 0.1) is 4.70 Å². The van der Waals surface area contributed by atoms with Crippen molar-refractivity contribution in [3.8, 4) is 5.19 Å². The number of piperidine rings is 1. The monoisotopic (exact) mass is 351 g/mol. The molecule has 1 fully saturated rings. The van der Waals surface area contributed by atoms with Crippen LogP contribution in [0.2, 0.25) is 0 Å². The van der Waals surface area contributed by atoms with Gasteiger partial charge < -0.3 is 15.0 Å². The van der Waals surface area contributed by atoms with Crippen LogP contribution in [0, 0.1) is 5.82 Å². The zero-order chi connectivity index (χ0) is 17.3. The molecule has 1 saturated heterocycles. The fourth-order valence-electron chi connectivity index (χ4n) is 2.66. The van der Waals surface area contributed by atoms with Gasteiger partial charge in [0.2, 0.25) is 0 Å². The van der Waals surface area contributed by atoms with Gasteiger partial charge in [0, 0.05) is 31.5 Å². The van der Waals surface area contributed by atoms with Gasteiger partial charge in [0.25, 0.3) is 5.19 Å². The summed E-state index contributed by atoms with van der Waals surface area (Å²) in [5, 5.41) is 3.46. The molecule has 3 rings (SSSR count). The van der Waals surface area contributed by atoms with E-state index in [-0.39, 0.29) is 23.5 Å². The zero-order valence-corrected chi connectivity index (χ0v) is 15.0. The quantitative estimate of drug-likeness (QED) is 0.896. The SMILES string of the molecule is CC(C)(C)NC(=O)N1CCC(Oc2nc3c(F)cccc3s2)CC1. The summed E-state index contributed by atoms with van der Waals surface area (Å²) in [4.78, 5) is 18.2. The molecule has 0 radical (unpaired) electrons. The molecular formula is C17H22FN3O2S. The molecular weight excluding hydrogens is 329 g/mol. The van der Waals surface area contributed by atoms with Crippen LogP contribution >= 0.6 is 11.3 Å². The number of amides is 2. The van der Waals surface area contributed by atoms with Gasteiger partial charge in [-0.3, -0.25) is 0 Å². The van der Waals surface area contributed by atoms with E-state index in [1.54, 1.807) is 6.07 Å². The normalized spacial score (nSPS) is 16.4. The van der Waals surface area contributed by atoms with Gasteiger partial charge in [0.1, 0.15) is 17.4 Å². The maximum atomic E-state index is 13.7. The number of fused-ring (bicyclic) bond motifs is 1. The highest BCUT2D eigenvalue weighted by Crippen LogP contribution is 2.31. The Morgan fingerprint density at radius 2 is 2.08 bits per heavy atom. The van der Waals surface area contributed by atoms with Crippen LogP contribution in [0.1, 0.15) is 33.6 Å². The lowest BCUT2D eigenvalue weighted by molar-refractivity contribution is 0.108. The van der Waals surface area contributed by atoms with Crippen molar-refractivity contribution in [3.63, 3.8) is 0 Å². The number of thiazole rings is 1. The third-order valence-electron chi connectivity index (χ3n) is 3.83. The van der Waals surface area contributed by atoms with Crippen LogP contribution in [0.3, 0.4) is 0 Å². The molecule has 1 aromatic heterocycles. The number of aromatic nitrogens is 1. The van der Waals surface area contributed by atoms with Gasteiger partial charge in [-0.1, -0.05) is 17.4 Å². The van der Waals surface area contributed by atoms with Gasteiger partial charge in [0.15, 0.2) is 0 Å². The number of para-hydroxylation sites is 1. The van der Waals surface area contributed by atoms with Gasteiger partial charge in [-0.25, -0.2) is 9.18 Å². The topological polar surface area (TPSA) is 54.5 Å². The van der Waals surface area contributed by atoms with E-state index >= 15 is 0 Å². The molecule has 1 N–H and O–H groups in total. The van der Waals surface area contributed by atoms with Gasteiger partial charge in [-0.2, -0.15) is 4.98 Å². The lowest BCUT2D eigenvalue weighted by Gasteiger charge is -2.33. The maximum Gasteiger partial charge on any atom is 0.317 e. The molecule has 7 heteroatoms. The maximum absolute atomic E-state index is 13.7. The van der Waals surface area contributed by atoms with Crippen LogP contribution in [0.15, 0.2) is 18.2 Å². The summed E-state index contributed by atoms with van der Waals surface area (Å²) in [5.74, 6) is -0.327. The summed E-state index contributed by atoms with van der Waals surface area (Å²) in [5.41, 5.74) is 0.120. The zero-order valence-electron chi connectivity index (χ0n) is 14.1. The van der Waals surface area contributed by atoms with E-state index in [0.717, 1.165) is 17.5 Å². The Bertz CT molecular complexity index is 733. The molecule has 2 heterocycles. The highest BCUT2D eigenvalue weighted by Gasteiger charge is 2.26. The van der Waals surface area contributed by atoms with Crippen LogP contribution in [-0.4, -0.2) is 40.6 Å². The number of likely N-dealkylation sites (tertiary alicyclic amines) is 1. The van der Waals surface area contributed by atoms with Gasteiger partial charge in [-0.15, -0.1) is 0 Å². The number of nitrogens with zero attached hydrogens (tertiary/aromatic N) is 2. The second-order valence-electron chi connectivity index (χ2n) is 7.05. The van der Waals surface area contributed by atoms with Crippen LogP contribution in [0.5, 0.6) is 5.19 Å². The number of rotatable bonds is 2. The van der Waals surface area contributed by atoms with Crippen molar-refractivity contribution in [1.29, 1.82) is 0 Å². The smallest absolute Gasteiger partial charge is 0.317 e. The number of nitrogens with one attached hydrogen (secondary N) is 1. The molecule has 0 atom stereocenters. The van der Waals surface area contributed by atoms with E-state index < -0.39 is 0 Å². The molecule has 0 spiro atoms. The van der Waals surface area contributed by atoms with Crippen molar-refractivity contribution < 1.29 is 13.9 Å². The van der Waals surface area contributed by atoms with Crippen LogP contribution < -0.4 is 10.1 Å². The number of carbonyl (C=O) groups is 1. The highest BCUT2D eigenvalue weighted by molar-refractivity contribution is 7.20. The first-order valence-electron chi connectivity index (χ1n) is 8.10. The van der Waals surface area contributed by atoms with E-state index in [0.29, 0.717) is 23.8 Å². The predicted molar refractivity (Wildman–Crippen MR) is 93.1 cm³/mol. The van der Waals surface area contributed by atoms with Crippen molar-refractivity contribution in [2.75, 3.05) is 13.1 Å². The number of carbonyl (C=O) groups excluding carboxylic acids is 1. The molecule has 0 aliphatic carbocycles. The van der Waals surface area contributed by atoms with Crippen molar-refractivity contribution in [3.05, 3.63) is 24.0 Å². The van der Waals surface area contributed by atoms with Crippen LogP contribution in [-0.2, 0) is 0 Å². The Labute approximate surface area is 144 Å². The minimum Gasteiger partial charge on any atom is -0.467 e. The minimum atomic E-state index is -0.327. The second kappa shape index (κ2) is 6.55. The highest BCUT2D eigenvalue weighted by atomic mass is 32.1. The summed E-state index contributed by atoms with van der Waals surface area (Å²) in [6, 6.07) is 4.87. The fourth-order valence-corrected chi connectivity index (χ4v) is 3.56. The van der Waals surface area contributed by atoms with E-state index in [1.165, 1.54) is 17.4 Å². The van der Waals surface area contributed by atoms with E-state index in [1.807, 2.05) is 31.7 Å². The molecule has 0 saturated carbocycles. The third kappa shape index (κ3) is 3.95. The number of benzene rings is 1. The van der Waals surface area contributed by atoms with E-state index in [4.69, 9.17) is 4.74 Å². The van der Waals surface area contributed by atoms with Crippen molar-refractivity contribution >= 4 is 27.6 Å². The Morgan fingerprint density at radius 1 is 1.38 bits per heavy atom. The fraction of sp³-hybridized carbons (Fsp3) is 0.529. The van der Waals surface area contributed by atoms with Crippen molar-refractivity contribution in [2.45, 2.75) is 45.3 Å². The number of hydrogen-bond acceptors (Lipinski definition) is 4. The number of urea groups is 1. The molecule has 130 valence electrons. The number of ether oxygens (including phenoxy) is 1. The summed E-state index contributed by atoms with van der Waals surface area (Å²) in [6.07, 6.45) is 1.50. The lowest BCUT2D eigenvalue weighted by atomic mass is 10.1. The summed E-state index contributed by atoms with van der Waals surface area (Å²) in [6.45, 7) is 7.19. The Balaban J connectivity index is 1.57. The summed E-state index contributed by atoms with van der Waals surface area (Å²) < 4.78 is 20.4. The van der Waals surface area contributed by atoms with Crippen molar-refractivity contribution in [1.82, 2.24) is 15.2 Å².